The van der Waals surface area contributed by atoms with Crippen molar-refractivity contribution < 1.29 is 8.42 Å². The summed E-state index contributed by atoms with van der Waals surface area (Å²) in [4.78, 5) is 0.426. The molecule has 1 unspecified atom stereocenters. The van der Waals surface area contributed by atoms with E-state index >= 15 is 0 Å². The Morgan fingerprint density at radius 2 is 1.95 bits per heavy atom. The molecular weight excluding hydrogens is 304 g/mol. The molecule has 6 heteroatoms. The summed E-state index contributed by atoms with van der Waals surface area (Å²) in [5.74, 6) is 2.66. The van der Waals surface area contributed by atoms with Gasteiger partial charge in [-0.05, 0) is 67.9 Å². The van der Waals surface area contributed by atoms with Crippen LogP contribution in [0.1, 0.15) is 24.5 Å². The smallest absolute Gasteiger partial charge is 0.241 e. The second kappa shape index (κ2) is 7.03. The number of aryl methyl sites for hydroxylation is 2. The molecule has 1 aliphatic rings. The van der Waals surface area contributed by atoms with E-state index in [9.17, 15) is 8.42 Å². The molecule has 1 aliphatic heterocycles. The molecule has 0 aliphatic carbocycles. The van der Waals surface area contributed by atoms with Crippen molar-refractivity contribution in [1.82, 2.24) is 4.72 Å². The Balaban J connectivity index is 2.18. The molecule has 0 saturated carbocycles. The van der Waals surface area contributed by atoms with Crippen molar-refractivity contribution in [3.05, 3.63) is 23.3 Å². The maximum absolute atomic E-state index is 12.6. The van der Waals surface area contributed by atoms with Gasteiger partial charge in [-0.15, -0.1) is 0 Å². The Morgan fingerprint density at radius 3 is 2.48 bits per heavy atom. The number of thioether (sulfide) groups is 1. The van der Waals surface area contributed by atoms with Crippen LogP contribution in [0.15, 0.2) is 17.0 Å². The summed E-state index contributed by atoms with van der Waals surface area (Å²) in [7, 11) is -3.43. The van der Waals surface area contributed by atoms with E-state index in [4.69, 9.17) is 0 Å². The fourth-order valence-electron chi connectivity index (χ4n) is 2.72. The lowest BCUT2D eigenvalue weighted by Gasteiger charge is -2.16. The van der Waals surface area contributed by atoms with Crippen LogP contribution in [0.25, 0.3) is 0 Å². The van der Waals surface area contributed by atoms with Gasteiger partial charge in [-0.25, -0.2) is 13.1 Å². The maximum atomic E-state index is 12.6. The Hall–Kier alpha value is -0.720. The number of rotatable bonds is 6. The largest absolute Gasteiger partial charge is 0.385 e. The second-order valence-corrected chi connectivity index (χ2v) is 8.40. The minimum atomic E-state index is -3.43. The molecule has 1 fully saturated rings. The van der Waals surface area contributed by atoms with Crippen LogP contribution in [0, 0.1) is 19.8 Å². The molecule has 0 bridgehead atoms. The van der Waals surface area contributed by atoms with Gasteiger partial charge in [-0.3, -0.25) is 0 Å². The molecule has 21 heavy (non-hydrogen) atoms. The van der Waals surface area contributed by atoms with Crippen molar-refractivity contribution in [2.75, 3.05) is 29.9 Å². The minimum Gasteiger partial charge on any atom is -0.385 e. The Bertz CT molecular complexity index is 571. The molecule has 0 radical (unpaired) electrons. The summed E-state index contributed by atoms with van der Waals surface area (Å²) in [5.41, 5.74) is 2.55. The van der Waals surface area contributed by atoms with Crippen LogP contribution >= 0.6 is 11.8 Å². The maximum Gasteiger partial charge on any atom is 0.241 e. The fourth-order valence-corrected chi connectivity index (χ4v) is 5.57. The molecule has 2 N–H and O–H groups in total. The van der Waals surface area contributed by atoms with E-state index in [-0.39, 0.29) is 0 Å². The molecule has 1 atom stereocenters. The molecule has 0 spiro atoms. The van der Waals surface area contributed by atoms with Gasteiger partial charge in [0.15, 0.2) is 0 Å². The predicted molar refractivity (Wildman–Crippen MR) is 90.7 cm³/mol. The van der Waals surface area contributed by atoms with E-state index in [2.05, 4.69) is 10.0 Å². The van der Waals surface area contributed by atoms with Crippen LogP contribution in [-0.4, -0.2) is 33.0 Å². The number of hydrogen-bond donors (Lipinski definition) is 2. The highest BCUT2D eigenvalue weighted by atomic mass is 32.2. The van der Waals surface area contributed by atoms with E-state index < -0.39 is 10.0 Å². The first kappa shape index (κ1) is 16.6. The first-order valence-electron chi connectivity index (χ1n) is 7.36. The van der Waals surface area contributed by atoms with Crippen molar-refractivity contribution in [3.63, 3.8) is 0 Å². The lowest BCUT2D eigenvalue weighted by molar-refractivity contribution is 0.545. The molecule has 1 heterocycles. The molecule has 1 saturated heterocycles. The van der Waals surface area contributed by atoms with Crippen molar-refractivity contribution in [2.45, 2.75) is 32.1 Å². The van der Waals surface area contributed by atoms with Crippen LogP contribution in [-0.2, 0) is 10.0 Å². The Labute approximate surface area is 132 Å². The summed E-state index contributed by atoms with van der Waals surface area (Å²) < 4.78 is 27.9. The van der Waals surface area contributed by atoms with Gasteiger partial charge in [-0.2, -0.15) is 11.8 Å². The number of hydrogen-bond acceptors (Lipinski definition) is 4. The van der Waals surface area contributed by atoms with Crippen LogP contribution in [0.2, 0.25) is 0 Å². The molecule has 1 aromatic rings. The van der Waals surface area contributed by atoms with Crippen molar-refractivity contribution in [3.8, 4) is 0 Å². The zero-order valence-corrected chi connectivity index (χ0v) is 14.5. The third kappa shape index (κ3) is 4.14. The summed E-state index contributed by atoms with van der Waals surface area (Å²) in [6.07, 6.45) is 1.10. The number of benzene rings is 1. The Morgan fingerprint density at radius 1 is 1.29 bits per heavy atom. The second-order valence-electron chi connectivity index (χ2n) is 5.55. The van der Waals surface area contributed by atoms with E-state index in [0.717, 1.165) is 41.3 Å². The lowest BCUT2D eigenvalue weighted by atomic mass is 10.1. The predicted octanol–water partition coefficient (Wildman–Crippen LogP) is 2.77. The zero-order chi connectivity index (χ0) is 15.5. The van der Waals surface area contributed by atoms with Crippen LogP contribution in [0.4, 0.5) is 5.69 Å². The highest BCUT2D eigenvalue weighted by molar-refractivity contribution is 7.99. The summed E-state index contributed by atoms with van der Waals surface area (Å²) in [6.45, 7) is 7.10. The Kier molecular flexibility index (Phi) is 5.57. The minimum absolute atomic E-state index is 0.426. The zero-order valence-electron chi connectivity index (χ0n) is 12.9. The summed E-state index contributed by atoms with van der Waals surface area (Å²) in [6, 6.07) is 3.80. The highest BCUT2D eigenvalue weighted by Crippen LogP contribution is 2.26. The first-order chi connectivity index (χ1) is 9.94. The van der Waals surface area contributed by atoms with Gasteiger partial charge in [0, 0.05) is 18.8 Å². The average molecular weight is 329 g/mol. The van der Waals surface area contributed by atoms with Gasteiger partial charge in [-0.1, -0.05) is 0 Å². The van der Waals surface area contributed by atoms with Gasteiger partial charge in [0.05, 0.1) is 4.90 Å². The van der Waals surface area contributed by atoms with Gasteiger partial charge in [0.2, 0.25) is 10.0 Å². The van der Waals surface area contributed by atoms with Crippen molar-refractivity contribution in [1.29, 1.82) is 0 Å². The fraction of sp³-hybridized carbons (Fsp3) is 0.600. The molecule has 118 valence electrons. The first-order valence-corrected chi connectivity index (χ1v) is 10.0. The van der Waals surface area contributed by atoms with Crippen LogP contribution in [0.3, 0.4) is 0 Å². The normalized spacial score (nSPS) is 18.9. The lowest BCUT2D eigenvalue weighted by Crippen LogP contribution is -2.30. The summed E-state index contributed by atoms with van der Waals surface area (Å²) in [5, 5.41) is 3.23. The van der Waals surface area contributed by atoms with Gasteiger partial charge in [0.25, 0.3) is 0 Å². The highest BCUT2D eigenvalue weighted by Gasteiger charge is 2.23. The summed E-state index contributed by atoms with van der Waals surface area (Å²) >= 11 is 1.90. The standard InChI is InChI=1S/C15H24N2O2S2/c1-4-16-14-7-11(2)15(12(3)8-14)21(18,19)17-9-13-5-6-20-10-13/h7-8,13,16-17H,4-6,9-10H2,1-3H3. The van der Waals surface area contributed by atoms with Gasteiger partial charge < -0.3 is 5.32 Å². The third-order valence-electron chi connectivity index (χ3n) is 3.70. The van der Waals surface area contributed by atoms with Crippen LogP contribution < -0.4 is 10.0 Å². The molecule has 2 rings (SSSR count). The molecule has 1 aromatic carbocycles. The topological polar surface area (TPSA) is 58.2 Å². The molecule has 0 amide bonds. The quantitative estimate of drug-likeness (QED) is 0.843. The van der Waals surface area contributed by atoms with E-state index in [1.807, 2.05) is 44.7 Å². The van der Waals surface area contributed by atoms with E-state index in [0.29, 0.717) is 17.4 Å². The molecule has 4 nitrogen and oxygen atoms in total. The van der Waals surface area contributed by atoms with Crippen molar-refractivity contribution in [2.24, 2.45) is 5.92 Å². The number of sulfonamides is 1. The van der Waals surface area contributed by atoms with Gasteiger partial charge >= 0.3 is 0 Å². The van der Waals surface area contributed by atoms with Crippen molar-refractivity contribution >= 4 is 27.5 Å². The monoisotopic (exact) mass is 328 g/mol. The SMILES string of the molecule is CCNc1cc(C)c(S(=O)(=O)NCC2CCSC2)c(C)c1. The number of nitrogens with one attached hydrogen (secondary N) is 2. The number of anilines is 1. The third-order valence-corrected chi connectivity index (χ3v) is 6.66. The van der Waals surface area contributed by atoms with Gasteiger partial charge in [0.1, 0.15) is 0 Å². The molecule has 0 aromatic heterocycles. The van der Waals surface area contributed by atoms with E-state index in [1.54, 1.807) is 0 Å². The molecular formula is C15H24N2O2S2. The van der Waals surface area contributed by atoms with E-state index in [1.165, 1.54) is 0 Å². The van der Waals surface area contributed by atoms with Crippen LogP contribution in [0.5, 0.6) is 0 Å². The average Bonchev–Trinajstić information content (AvgIpc) is 2.88.